The summed E-state index contributed by atoms with van der Waals surface area (Å²) in [6.07, 6.45) is 1.86. The molecule has 8 heteroatoms. The van der Waals surface area contributed by atoms with Crippen LogP contribution in [0.3, 0.4) is 0 Å². The van der Waals surface area contributed by atoms with Crippen LogP contribution in [-0.2, 0) is 30.3 Å². The molecule has 0 aromatic heterocycles. The highest BCUT2D eigenvalue weighted by Crippen LogP contribution is 2.17. The van der Waals surface area contributed by atoms with E-state index < -0.39 is 29.7 Å². The van der Waals surface area contributed by atoms with Crippen LogP contribution in [0.4, 0.5) is 0 Å². The van der Waals surface area contributed by atoms with Crippen molar-refractivity contribution < 1.29 is 23.9 Å². The van der Waals surface area contributed by atoms with E-state index in [1.807, 2.05) is 61.5 Å². The monoisotopic (exact) mass is 463 g/mol. The molecule has 1 aliphatic rings. The molecule has 1 saturated heterocycles. The molecule has 178 valence electrons. The Balaban J connectivity index is 1.73. The van der Waals surface area contributed by atoms with Crippen LogP contribution in [-0.4, -0.2) is 54.3 Å². The van der Waals surface area contributed by atoms with E-state index in [2.05, 4.69) is 10.6 Å². The predicted molar refractivity (Wildman–Crippen MR) is 127 cm³/mol. The molecule has 2 aromatic carbocycles. The normalized spacial score (nSPS) is 15.9. The molecule has 0 aliphatic carbocycles. The van der Waals surface area contributed by atoms with Crippen LogP contribution in [0.1, 0.15) is 30.0 Å². The SMILES string of the molecule is CC(=O)NC(=Cc1ccccc1C)C(=O)N1CCNC(=O)C1CC(=O)OCCc1ccccc1. The van der Waals surface area contributed by atoms with Gasteiger partial charge in [0.05, 0.1) is 13.0 Å². The number of hydrogen-bond acceptors (Lipinski definition) is 5. The van der Waals surface area contributed by atoms with Crippen LogP contribution in [0.25, 0.3) is 6.08 Å². The summed E-state index contributed by atoms with van der Waals surface area (Å²) in [5.74, 6) is -1.95. The van der Waals surface area contributed by atoms with Gasteiger partial charge < -0.3 is 20.3 Å². The first-order chi connectivity index (χ1) is 16.3. The molecule has 2 N–H and O–H groups in total. The zero-order valence-corrected chi connectivity index (χ0v) is 19.4. The van der Waals surface area contributed by atoms with E-state index in [1.54, 1.807) is 6.08 Å². The fourth-order valence-corrected chi connectivity index (χ4v) is 3.70. The number of carbonyl (C=O) groups is 4. The summed E-state index contributed by atoms with van der Waals surface area (Å²) in [4.78, 5) is 51.6. The fraction of sp³-hybridized carbons (Fsp3) is 0.308. The van der Waals surface area contributed by atoms with Crippen molar-refractivity contribution in [2.75, 3.05) is 19.7 Å². The first-order valence-electron chi connectivity index (χ1n) is 11.2. The van der Waals surface area contributed by atoms with Gasteiger partial charge in [-0.1, -0.05) is 54.6 Å². The number of amides is 3. The Hall–Kier alpha value is -3.94. The van der Waals surface area contributed by atoms with E-state index in [0.717, 1.165) is 16.7 Å². The van der Waals surface area contributed by atoms with Gasteiger partial charge in [-0.05, 0) is 29.7 Å². The molecular formula is C26H29N3O5. The number of esters is 1. The second-order valence-corrected chi connectivity index (χ2v) is 8.06. The van der Waals surface area contributed by atoms with Crippen molar-refractivity contribution in [3.05, 3.63) is 77.0 Å². The minimum Gasteiger partial charge on any atom is -0.465 e. The zero-order chi connectivity index (χ0) is 24.5. The van der Waals surface area contributed by atoms with Gasteiger partial charge in [0.2, 0.25) is 11.8 Å². The van der Waals surface area contributed by atoms with E-state index in [4.69, 9.17) is 4.74 Å². The minimum atomic E-state index is -1.03. The largest absolute Gasteiger partial charge is 0.465 e. The van der Waals surface area contributed by atoms with Gasteiger partial charge in [0.25, 0.3) is 5.91 Å². The maximum absolute atomic E-state index is 13.4. The molecule has 0 saturated carbocycles. The maximum atomic E-state index is 13.4. The van der Waals surface area contributed by atoms with Crippen LogP contribution in [0.15, 0.2) is 60.3 Å². The number of nitrogens with one attached hydrogen (secondary N) is 2. The number of carbonyl (C=O) groups excluding carboxylic acids is 4. The average molecular weight is 464 g/mol. The standard InChI is InChI=1S/C26H29N3O5/c1-18-8-6-7-11-21(18)16-22(28-19(2)30)26(33)29-14-13-27-25(32)23(29)17-24(31)34-15-12-20-9-4-3-5-10-20/h3-11,16,23H,12-15,17H2,1-2H3,(H,27,32)(H,28,30). The van der Waals surface area contributed by atoms with E-state index >= 15 is 0 Å². The Morgan fingerprint density at radius 2 is 1.82 bits per heavy atom. The van der Waals surface area contributed by atoms with E-state index in [0.29, 0.717) is 6.42 Å². The quantitative estimate of drug-likeness (QED) is 0.460. The number of hydrogen-bond donors (Lipinski definition) is 2. The third-order valence-electron chi connectivity index (χ3n) is 5.48. The highest BCUT2D eigenvalue weighted by atomic mass is 16.5. The van der Waals surface area contributed by atoms with Crippen molar-refractivity contribution in [1.29, 1.82) is 0 Å². The van der Waals surface area contributed by atoms with Crippen molar-refractivity contribution in [2.24, 2.45) is 0 Å². The number of rotatable bonds is 8. The van der Waals surface area contributed by atoms with Crippen LogP contribution < -0.4 is 10.6 Å². The molecule has 1 aliphatic heterocycles. The van der Waals surface area contributed by atoms with Crippen molar-refractivity contribution in [3.8, 4) is 0 Å². The smallest absolute Gasteiger partial charge is 0.308 e. The van der Waals surface area contributed by atoms with Crippen molar-refractivity contribution >= 4 is 29.8 Å². The average Bonchev–Trinajstić information content (AvgIpc) is 2.81. The summed E-state index contributed by atoms with van der Waals surface area (Å²) in [7, 11) is 0. The minimum absolute atomic E-state index is 0.0407. The molecule has 2 aromatic rings. The molecule has 0 radical (unpaired) electrons. The number of ether oxygens (including phenoxy) is 1. The summed E-state index contributed by atoms with van der Waals surface area (Å²) >= 11 is 0. The van der Waals surface area contributed by atoms with Gasteiger partial charge >= 0.3 is 5.97 Å². The molecule has 1 atom stereocenters. The van der Waals surface area contributed by atoms with Crippen LogP contribution in [0, 0.1) is 6.92 Å². The van der Waals surface area contributed by atoms with Gasteiger partial charge in [-0.2, -0.15) is 0 Å². The van der Waals surface area contributed by atoms with Gasteiger partial charge in [0.1, 0.15) is 11.7 Å². The molecule has 1 unspecified atom stereocenters. The van der Waals surface area contributed by atoms with Crippen LogP contribution >= 0.6 is 0 Å². The molecule has 3 amide bonds. The Bertz CT molecular complexity index is 1080. The van der Waals surface area contributed by atoms with Gasteiger partial charge in [-0.15, -0.1) is 0 Å². The molecule has 0 spiro atoms. The molecule has 1 fully saturated rings. The zero-order valence-electron chi connectivity index (χ0n) is 19.4. The lowest BCUT2D eigenvalue weighted by atomic mass is 10.1. The summed E-state index contributed by atoms with van der Waals surface area (Å²) in [5, 5.41) is 5.27. The highest BCUT2D eigenvalue weighted by Gasteiger charge is 2.36. The molecular weight excluding hydrogens is 434 g/mol. The fourth-order valence-electron chi connectivity index (χ4n) is 3.70. The lowest BCUT2D eigenvalue weighted by molar-refractivity contribution is -0.151. The van der Waals surface area contributed by atoms with E-state index in [1.165, 1.54) is 11.8 Å². The van der Waals surface area contributed by atoms with E-state index in [-0.39, 0.29) is 31.8 Å². The lowest BCUT2D eigenvalue weighted by Crippen LogP contribution is -2.58. The molecule has 8 nitrogen and oxygen atoms in total. The lowest BCUT2D eigenvalue weighted by Gasteiger charge is -2.35. The van der Waals surface area contributed by atoms with Crippen molar-refractivity contribution in [2.45, 2.75) is 32.7 Å². The van der Waals surface area contributed by atoms with Gasteiger partial charge in [-0.3, -0.25) is 19.2 Å². The number of nitrogens with zero attached hydrogens (tertiary/aromatic N) is 1. The Morgan fingerprint density at radius 3 is 2.53 bits per heavy atom. The molecule has 0 bridgehead atoms. The maximum Gasteiger partial charge on any atom is 0.308 e. The molecule has 34 heavy (non-hydrogen) atoms. The number of piperazine rings is 1. The molecule has 3 rings (SSSR count). The summed E-state index contributed by atoms with van der Waals surface area (Å²) in [6, 6.07) is 16.0. The Kier molecular flexibility index (Phi) is 8.56. The van der Waals surface area contributed by atoms with E-state index in [9.17, 15) is 19.2 Å². The Labute approximate surface area is 199 Å². The summed E-state index contributed by atoms with van der Waals surface area (Å²) in [6.45, 7) is 3.84. The Morgan fingerprint density at radius 1 is 1.12 bits per heavy atom. The summed E-state index contributed by atoms with van der Waals surface area (Å²) in [5.41, 5.74) is 2.76. The third-order valence-corrected chi connectivity index (χ3v) is 5.48. The number of benzene rings is 2. The second-order valence-electron chi connectivity index (χ2n) is 8.06. The first-order valence-corrected chi connectivity index (χ1v) is 11.2. The van der Waals surface area contributed by atoms with Crippen molar-refractivity contribution in [1.82, 2.24) is 15.5 Å². The predicted octanol–water partition coefficient (Wildman–Crippen LogP) is 1.98. The van der Waals surface area contributed by atoms with Crippen molar-refractivity contribution in [3.63, 3.8) is 0 Å². The second kappa shape index (κ2) is 11.8. The highest BCUT2D eigenvalue weighted by molar-refractivity contribution is 6.03. The number of aryl methyl sites for hydroxylation is 1. The third kappa shape index (κ3) is 6.78. The molecule has 1 heterocycles. The first kappa shape index (κ1) is 24.7. The van der Waals surface area contributed by atoms with Crippen LogP contribution in [0.2, 0.25) is 0 Å². The topological polar surface area (TPSA) is 105 Å². The van der Waals surface area contributed by atoms with Gasteiger partial charge in [0, 0.05) is 26.4 Å². The van der Waals surface area contributed by atoms with Crippen LogP contribution in [0.5, 0.6) is 0 Å². The van der Waals surface area contributed by atoms with Gasteiger partial charge in [-0.25, -0.2) is 0 Å². The summed E-state index contributed by atoms with van der Waals surface area (Å²) < 4.78 is 5.32. The van der Waals surface area contributed by atoms with Gasteiger partial charge in [0.15, 0.2) is 0 Å².